The summed E-state index contributed by atoms with van der Waals surface area (Å²) in [5, 5.41) is 4.87. The van der Waals surface area contributed by atoms with Gasteiger partial charge in [-0.1, -0.05) is 17.7 Å². The Morgan fingerprint density at radius 2 is 1.80 bits per heavy atom. The molecule has 4 heterocycles. The normalized spacial score (nSPS) is 18.5. The summed E-state index contributed by atoms with van der Waals surface area (Å²) in [4.78, 5) is 7.15. The molecule has 6 heteroatoms. The summed E-state index contributed by atoms with van der Waals surface area (Å²) < 4.78 is 13.6. The van der Waals surface area contributed by atoms with E-state index in [0.717, 1.165) is 54.3 Å². The minimum atomic E-state index is -0.350. The number of anilines is 1. The van der Waals surface area contributed by atoms with Gasteiger partial charge in [0.15, 0.2) is 11.6 Å². The molecule has 2 fully saturated rings. The molecule has 2 aromatic heterocycles. The summed E-state index contributed by atoms with van der Waals surface area (Å²) >= 11 is 0. The van der Waals surface area contributed by atoms with Crippen LogP contribution in [0.4, 0.5) is 5.69 Å². The van der Waals surface area contributed by atoms with E-state index in [2.05, 4.69) is 57.0 Å². The Morgan fingerprint density at radius 3 is 2.40 bits per heavy atom. The van der Waals surface area contributed by atoms with Crippen LogP contribution in [0.25, 0.3) is 11.4 Å². The first kappa shape index (κ1) is 20.8. The Hall–Kier alpha value is -2.44. The number of pyridine rings is 1. The third kappa shape index (κ3) is 3.94. The molecule has 0 atom stereocenters. The summed E-state index contributed by atoms with van der Waals surface area (Å²) in [6.45, 7) is 13.7. The summed E-state index contributed by atoms with van der Waals surface area (Å²) in [6.07, 6.45) is 10.00. The van der Waals surface area contributed by atoms with Crippen LogP contribution in [0, 0.1) is 13.8 Å². The highest BCUT2D eigenvalue weighted by Crippen LogP contribution is 2.33. The average Bonchev–Trinajstić information content (AvgIpc) is 3.33. The second-order valence-electron chi connectivity index (χ2n) is 8.45. The number of aromatic nitrogens is 3. The molecule has 30 heavy (non-hydrogen) atoms. The van der Waals surface area contributed by atoms with Gasteiger partial charge in [-0.05, 0) is 51.8 Å². The van der Waals surface area contributed by atoms with E-state index in [1.165, 1.54) is 11.1 Å². The van der Waals surface area contributed by atoms with Crippen LogP contribution in [0.15, 0.2) is 36.2 Å². The largest absolute Gasteiger partial charge is 0.370 e. The van der Waals surface area contributed by atoms with E-state index in [1.54, 1.807) is 0 Å². The second-order valence-corrected chi connectivity index (χ2v) is 8.45. The third-order valence-corrected chi connectivity index (χ3v) is 5.98. The molecule has 2 aliphatic heterocycles. The summed E-state index contributed by atoms with van der Waals surface area (Å²) in [6, 6.07) is 2.21. The maximum Gasteiger partial charge on any atom is 0.171 e. The van der Waals surface area contributed by atoms with Gasteiger partial charge in [-0.25, -0.2) is 9.67 Å². The Bertz CT molecular complexity index is 969. The molecular weight excluding hydrogens is 376 g/mol. The van der Waals surface area contributed by atoms with Crippen molar-refractivity contribution in [1.29, 1.82) is 0 Å². The van der Waals surface area contributed by atoms with Crippen molar-refractivity contribution in [3.05, 3.63) is 53.0 Å². The zero-order valence-electron chi connectivity index (χ0n) is 18.7. The van der Waals surface area contributed by atoms with Crippen molar-refractivity contribution >= 4 is 11.3 Å². The lowest BCUT2D eigenvalue weighted by atomic mass is 10.0. The molecule has 0 unspecified atom stereocenters. The van der Waals surface area contributed by atoms with Crippen LogP contribution >= 0.6 is 0 Å². The SMILES string of the molecule is C/C=C\C(=C(C)C)c1nn(-c2ncc(N3CCC4(CC3)OCCO4)cc2C)cc1C. The van der Waals surface area contributed by atoms with Crippen LogP contribution in [0.1, 0.15) is 50.4 Å². The monoisotopic (exact) mass is 408 g/mol. The molecule has 2 saturated heterocycles. The zero-order valence-corrected chi connectivity index (χ0v) is 18.7. The molecule has 6 nitrogen and oxygen atoms in total. The smallest absolute Gasteiger partial charge is 0.171 e. The first-order chi connectivity index (χ1) is 14.4. The number of ether oxygens (including phenoxy) is 2. The van der Waals surface area contributed by atoms with E-state index in [-0.39, 0.29) is 5.79 Å². The molecule has 2 aliphatic rings. The molecule has 1 spiro atoms. The van der Waals surface area contributed by atoms with Gasteiger partial charge in [0.1, 0.15) is 0 Å². The topological polar surface area (TPSA) is 52.4 Å². The molecule has 0 radical (unpaired) electrons. The predicted molar refractivity (Wildman–Crippen MR) is 120 cm³/mol. The lowest BCUT2D eigenvalue weighted by Gasteiger charge is -2.38. The number of piperidine rings is 1. The highest BCUT2D eigenvalue weighted by atomic mass is 16.7. The van der Waals surface area contributed by atoms with Crippen LogP contribution in [-0.4, -0.2) is 46.9 Å². The van der Waals surface area contributed by atoms with Crippen molar-refractivity contribution in [3.63, 3.8) is 0 Å². The van der Waals surface area contributed by atoms with Gasteiger partial charge in [0.2, 0.25) is 0 Å². The van der Waals surface area contributed by atoms with E-state index < -0.39 is 0 Å². The van der Waals surface area contributed by atoms with Gasteiger partial charge in [0, 0.05) is 37.7 Å². The minimum absolute atomic E-state index is 0.350. The third-order valence-electron chi connectivity index (χ3n) is 5.98. The van der Waals surface area contributed by atoms with Gasteiger partial charge in [0.25, 0.3) is 0 Å². The highest BCUT2D eigenvalue weighted by molar-refractivity contribution is 5.75. The van der Waals surface area contributed by atoms with Gasteiger partial charge in [0.05, 0.1) is 30.8 Å². The number of nitrogens with zero attached hydrogens (tertiary/aromatic N) is 4. The summed E-state index contributed by atoms with van der Waals surface area (Å²) in [5.74, 6) is 0.523. The highest BCUT2D eigenvalue weighted by Gasteiger charge is 2.39. The second kappa shape index (κ2) is 8.36. The van der Waals surface area contributed by atoms with Crippen molar-refractivity contribution in [2.75, 3.05) is 31.2 Å². The van der Waals surface area contributed by atoms with Gasteiger partial charge < -0.3 is 14.4 Å². The van der Waals surface area contributed by atoms with Gasteiger partial charge in [-0.2, -0.15) is 5.10 Å². The van der Waals surface area contributed by atoms with E-state index in [1.807, 2.05) is 17.8 Å². The van der Waals surface area contributed by atoms with Gasteiger partial charge in [-0.3, -0.25) is 0 Å². The van der Waals surface area contributed by atoms with Crippen LogP contribution in [-0.2, 0) is 9.47 Å². The van der Waals surface area contributed by atoms with Crippen LogP contribution in [0.3, 0.4) is 0 Å². The average molecular weight is 409 g/mol. The summed E-state index contributed by atoms with van der Waals surface area (Å²) in [5.41, 5.74) is 6.83. The number of allylic oxidation sites excluding steroid dienone is 4. The molecular formula is C24H32N4O2. The lowest BCUT2D eigenvalue weighted by molar-refractivity contribution is -0.169. The fraction of sp³-hybridized carbons (Fsp3) is 0.500. The lowest BCUT2D eigenvalue weighted by Crippen LogP contribution is -2.45. The maximum absolute atomic E-state index is 5.85. The number of aryl methyl sites for hydroxylation is 2. The Balaban J connectivity index is 1.56. The van der Waals surface area contributed by atoms with Crippen LogP contribution in [0.2, 0.25) is 0 Å². The minimum Gasteiger partial charge on any atom is -0.370 e. The van der Waals surface area contributed by atoms with Gasteiger partial charge in [-0.15, -0.1) is 0 Å². The molecule has 0 aromatic carbocycles. The van der Waals surface area contributed by atoms with E-state index in [0.29, 0.717) is 13.2 Å². The molecule has 0 bridgehead atoms. The number of rotatable bonds is 4. The first-order valence-corrected chi connectivity index (χ1v) is 10.8. The fourth-order valence-corrected chi connectivity index (χ4v) is 4.34. The summed E-state index contributed by atoms with van der Waals surface area (Å²) in [7, 11) is 0. The Kier molecular flexibility index (Phi) is 5.80. The Morgan fingerprint density at radius 1 is 1.10 bits per heavy atom. The molecule has 0 aliphatic carbocycles. The van der Waals surface area contributed by atoms with Crippen LogP contribution in [0.5, 0.6) is 0 Å². The van der Waals surface area contributed by atoms with E-state index >= 15 is 0 Å². The molecule has 0 amide bonds. The molecule has 0 saturated carbocycles. The number of hydrogen-bond donors (Lipinski definition) is 0. The zero-order chi connectivity index (χ0) is 21.3. The van der Waals surface area contributed by atoms with Crippen molar-refractivity contribution in [1.82, 2.24) is 14.8 Å². The standard InChI is InChI=1S/C24H32N4O2/c1-6-7-21(17(2)3)22-19(5)16-28(26-22)23-18(4)14-20(15-25-23)27-10-8-24(9-11-27)29-12-13-30-24/h6-7,14-16H,8-13H2,1-5H3/b7-6-. The van der Waals surface area contributed by atoms with E-state index in [9.17, 15) is 0 Å². The van der Waals surface area contributed by atoms with Gasteiger partial charge >= 0.3 is 0 Å². The predicted octanol–water partition coefficient (Wildman–Crippen LogP) is 4.60. The van der Waals surface area contributed by atoms with Crippen molar-refractivity contribution in [2.45, 2.75) is 53.2 Å². The quantitative estimate of drug-likeness (QED) is 0.692. The number of hydrogen-bond acceptors (Lipinski definition) is 5. The first-order valence-electron chi connectivity index (χ1n) is 10.8. The molecule has 2 aromatic rings. The molecule has 4 rings (SSSR count). The van der Waals surface area contributed by atoms with Crippen LogP contribution < -0.4 is 4.90 Å². The van der Waals surface area contributed by atoms with E-state index in [4.69, 9.17) is 19.6 Å². The fourth-order valence-electron chi connectivity index (χ4n) is 4.34. The van der Waals surface area contributed by atoms with Crippen molar-refractivity contribution in [3.8, 4) is 5.82 Å². The maximum atomic E-state index is 5.85. The Labute approximate surface area is 179 Å². The van der Waals surface area contributed by atoms with Crippen molar-refractivity contribution < 1.29 is 9.47 Å². The molecule has 0 N–H and O–H groups in total. The molecule has 160 valence electrons. The van der Waals surface area contributed by atoms with Crippen molar-refractivity contribution in [2.24, 2.45) is 0 Å².